The van der Waals surface area contributed by atoms with E-state index in [2.05, 4.69) is 40.9 Å². The fourth-order valence-corrected chi connectivity index (χ4v) is 4.22. The number of amides is 1. The Labute approximate surface area is 194 Å². The fourth-order valence-electron chi connectivity index (χ4n) is 3.50. The topological polar surface area (TPSA) is 137 Å². The number of ether oxygens (including phenoxy) is 3. The molecule has 1 saturated heterocycles. The molecule has 0 radical (unpaired) electrons. The molecule has 0 saturated carbocycles. The normalized spacial score (nSPS) is 16.3. The van der Waals surface area contributed by atoms with Gasteiger partial charge in [0.25, 0.3) is 5.91 Å². The molecule has 0 bridgehead atoms. The Morgan fingerprint density at radius 2 is 1.85 bits per heavy atom. The van der Waals surface area contributed by atoms with Crippen molar-refractivity contribution in [3.05, 3.63) is 36.2 Å². The molecule has 174 valence electrons. The summed E-state index contributed by atoms with van der Waals surface area (Å²) in [7, 11) is 4.55. The van der Waals surface area contributed by atoms with Crippen LogP contribution in [0.5, 0.6) is 11.5 Å². The highest BCUT2D eigenvalue weighted by Crippen LogP contribution is 2.30. The Bertz CT molecular complexity index is 1060. The molecule has 0 spiro atoms. The third kappa shape index (κ3) is 5.43. The zero-order chi connectivity index (χ0) is 23.2. The van der Waals surface area contributed by atoms with E-state index in [1.165, 1.54) is 18.4 Å². The molecule has 0 aliphatic carbocycles. The highest BCUT2D eigenvalue weighted by atomic mass is 32.1. The monoisotopic (exact) mass is 472 g/mol. The van der Waals surface area contributed by atoms with E-state index in [4.69, 9.17) is 14.2 Å². The first-order valence-electron chi connectivity index (χ1n) is 10.1. The predicted molar refractivity (Wildman–Crippen MR) is 122 cm³/mol. The minimum atomic E-state index is -0.878. The van der Waals surface area contributed by atoms with Crippen molar-refractivity contribution in [2.75, 3.05) is 50.0 Å². The first kappa shape index (κ1) is 22.6. The molecule has 3 heterocycles. The number of anilines is 3. The molecule has 1 fully saturated rings. The second-order valence-electron chi connectivity index (χ2n) is 7.18. The second-order valence-corrected chi connectivity index (χ2v) is 8.16. The van der Waals surface area contributed by atoms with E-state index in [1.807, 2.05) is 0 Å². The second kappa shape index (κ2) is 10.4. The predicted octanol–water partition coefficient (Wildman–Crippen LogP) is 1.76. The average molecular weight is 473 g/mol. The minimum Gasteiger partial charge on any atom is -0.497 e. The lowest BCUT2D eigenvalue weighted by Crippen LogP contribution is -2.27. The van der Waals surface area contributed by atoms with Gasteiger partial charge in [0, 0.05) is 32.3 Å². The van der Waals surface area contributed by atoms with Gasteiger partial charge in [0.2, 0.25) is 16.2 Å². The molecular weight excluding hydrogens is 448 g/mol. The Morgan fingerprint density at radius 1 is 1.09 bits per heavy atom. The molecule has 1 aliphatic rings. The third-order valence-corrected chi connectivity index (χ3v) is 5.84. The molecule has 3 aromatic rings. The Morgan fingerprint density at radius 3 is 2.52 bits per heavy atom. The first-order chi connectivity index (χ1) is 16.1. The van der Waals surface area contributed by atoms with Crippen LogP contribution in [0.25, 0.3) is 0 Å². The van der Waals surface area contributed by atoms with E-state index in [0.717, 1.165) is 19.5 Å². The lowest BCUT2D eigenvalue weighted by molar-refractivity contribution is -0.126. The first-order valence-corrected chi connectivity index (χ1v) is 11.0. The van der Waals surface area contributed by atoms with E-state index in [9.17, 15) is 4.79 Å². The van der Waals surface area contributed by atoms with Crippen molar-refractivity contribution < 1.29 is 19.0 Å². The van der Waals surface area contributed by atoms with E-state index in [1.54, 1.807) is 44.8 Å². The summed E-state index contributed by atoms with van der Waals surface area (Å²) in [4.78, 5) is 19.2. The van der Waals surface area contributed by atoms with Gasteiger partial charge >= 0.3 is 0 Å². The fraction of sp³-hybridized carbons (Fsp3) is 0.400. The van der Waals surface area contributed by atoms with Gasteiger partial charge in [-0.05, 0) is 24.1 Å². The van der Waals surface area contributed by atoms with Crippen LogP contribution in [0.4, 0.5) is 16.2 Å². The van der Waals surface area contributed by atoms with Crippen LogP contribution in [0.15, 0.2) is 30.6 Å². The molecule has 12 nitrogen and oxygen atoms in total. The van der Waals surface area contributed by atoms with Crippen molar-refractivity contribution in [1.29, 1.82) is 0 Å². The maximum Gasteiger partial charge on any atom is 0.259 e. The summed E-state index contributed by atoms with van der Waals surface area (Å²) in [6.07, 6.45) is 3.18. The van der Waals surface area contributed by atoms with Crippen LogP contribution in [0.3, 0.4) is 0 Å². The molecular formula is C20H24N8O4S. The van der Waals surface area contributed by atoms with E-state index < -0.39 is 6.10 Å². The molecule has 13 heteroatoms. The summed E-state index contributed by atoms with van der Waals surface area (Å²) in [5.41, 5.74) is 0.595. The molecule has 2 aromatic heterocycles. The zero-order valence-corrected chi connectivity index (χ0v) is 19.2. The van der Waals surface area contributed by atoms with Crippen molar-refractivity contribution in [3.63, 3.8) is 0 Å². The van der Waals surface area contributed by atoms with Gasteiger partial charge in [0.1, 0.15) is 11.5 Å². The van der Waals surface area contributed by atoms with Crippen molar-refractivity contribution >= 4 is 33.5 Å². The average Bonchev–Trinajstić information content (AvgIpc) is 3.49. The standard InChI is InChI=1S/C20H24N8O4S/c1-30-14-8-12(9-15(10-14)31-2)16(32-3)17(29)24-20-27-26-19(33-20)23-13-4-7-28(11-13)18-21-5-6-22-25-18/h5-6,8-10,13,16H,4,7,11H2,1-3H3,(H,23,26)(H,24,27,29)/t13-,16+/m1/s1. The summed E-state index contributed by atoms with van der Waals surface area (Å²) in [6.45, 7) is 1.53. The van der Waals surface area contributed by atoms with Crippen LogP contribution >= 0.6 is 11.3 Å². The zero-order valence-electron chi connectivity index (χ0n) is 18.4. The summed E-state index contributed by atoms with van der Waals surface area (Å²) < 4.78 is 16.0. The number of rotatable bonds is 9. The Kier molecular flexibility index (Phi) is 7.10. The van der Waals surface area contributed by atoms with Crippen molar-refractivity contribution in [2.45, 2.75) is 18.6 Å². The number of hydrogen-bond acceptors (Lipinski definition) is 12. The summed E-state index contributed by atoms with van der Waals surface area (Å²) >= 11 is 1.25. The van der Waals surface area contributed by atoms with Crippen LogP contribution < -0.4 is 25.0 Å². The summed E-state index contributed by atoms with van der Waals surface area (Å²) in [5, 5.41) is 23.2. The SMILES string of the molecule is COc1cc(OC)cc([C@H](OC)C(=O)Nc2nnc(N[C@@H]3CCN(c4nccnn4)C3)s2)c1. The molecule has 4 rings (SSSR count). The summed E-state index contributed by atoms with van der Waals surface area (Å²) in [6, 6.07) is 5.32. The van der Waals surface area contributed by atoms with Gasteiger partial charge in [0.15, 0.2) is 6.10 Å². The van der Waals surface area contributed by atoms with Gasteiger partial charge < -0.3 is 24.4 Å². The number of nitrogens with zero attached hydrogens (tertiary/aromatic N) is 6. The minimum absolute atomic E-state index is 0.154. The van der Waals surface area contributed by atoms with Crippen molar-refractivity contribution in [2.24, 2.45) is 0 Å². The smallest absolute Gasteiger partial charge is 0.259 e. The van der Waals surface area contributed by atoms with Gasteiger partial charge in [-0.25, -0.2) is 4.98 Å². The van der Waals surface area contributed by atoms with Gasteiger partial charge in [-0.2, -0.15) is 5.10 Å². The van der Waals surface area contributed by atoms with Gasteiger partial charge in [-0.15, -0.1) is 15.3 Å². The number of benzene rings is 1. The van der Waals surface area contributed by atoms with E-state index in [0.29, 0.717) is 33.3 Å². The van der Waals surface area contributed by atoms with Crippen LogP contribution in [-0.4, -0.2) is 71.7 Å². The number of nitrogens with one attached hydrogen (secondary N) is 2. The molecule has 0 unspecified atom stereocenters. The third-order valence-electron chi connectivity index (χ3n) is 5.07. The molecule has 1 amide bonds. The van der Waals surface area contributed by atoms with E-state index >= 15 is 0 Å². The van der Waals surface area contributed by atoms with Crippen LogP contribution in [0, 0.1) is 0 Å². The number of methoxy groups -OCH3 is 3. The van der Waals surface area contributed by atoms with Gasteiger partial charge in [-0.3, -0.25) is 10.1 Å². The molecule has 1 aromatic carbocycles. The molecule has 33 heavy (non-hydrogen) atoms. The lowest BCUT2D eigenvalue weighted by Gasteiger charge is -2.16. The molecule has 2 atom stereocenters. The Hall–Kier alpha value is -3.58. The highest BCUT2D eigenvalue weighted by Gasteiger charge is 2.26. The van der Waals surface area contributed by atoms with Crippen LogP contribution in [-0.2, 0) is 9.53 Å². The Balaban J connectivity index is 1.37. The van der Waals surface area contributed by atoms with E-state index in [-0.39, 0.29) is 11.9 Å². The summed E-state index contributed by atoms with van der Waals surface area (Å²) in [5.74, 6) is 1.34. The van der Waals surface area contributed by atoms with Crippen molar-refractivity contribution in [3.8, 4) is 11.5 Å². The lowest BCUT2D eigenvalue weighted by atomic mass is 10.1. The van der Waals surface area contributed by atoms with Crippen LogP contribution in [0.2, 0.25) is 0 Å². The van der Waals surface area contributed by atoms with Crippen molar-refractivity contribution in [1.82, 2.24) is 25.4 Å². The maximum absolute atomic E-state index is 12.9. The van der Waals surface area contributed by atoms with Gasteiger partial charge in [-0.1, -0.05) is 11.3 Å². The maximum atomic E-state index is 12.9. The number of hydrogen-bond donors (Lipinski definition) is 2. The number of aromatic nitrogens is 5. The number of carbonyl (C=O) groups excluding carboxylic acids is 1. The highest BCUT2D eigenvalue weighted by molar-refractivity contribution is 7.19. The molecule has 2 N–H and O–H groups in total. The molecule has 1 aliphatic heterocycles. The number of carbonyl (C=O) groups is 1. The largest absolute Gasteiger partial charge is 0.497 e. The quantitative estimate of drug-likeness (QED) is 0.471. The van der Waals surface area contributed by atoms with Crippen LogP contribution in [0.1, 0.15) is 18.1 Å². The van der Waals surface area contributed by atoms with Gasteiger partial charge in [0.05, 0.1) is 26.6 Å².